The Bertz CT molecular complexity index is 546. The third-order valence-corrected chi connectivity index (χ3v) is 5.34. The molecular formula is C16H22BrNOS. The summed E-state index contributed by atoms with van der Waals surface area (Å²) in [5, 5.41) is 0. The Morgan fingerprint density at radius 3 is 2.50 bits per heavy atom. The topological polar surface area (TPSA) is 35.4 Å². The first-order valence-corrected chi connectivity index (χ1v) is 8.77. The van der Waals surface area contributed by atoms with E-state index in [0.717, 1.165) is 28.6 Å². The molecule has 0 saturated heterocycles. The molecule has 0 N–H and O–H groups in total. The van der Waals surface area contributed by atoms with Gasteiger partial charge < -0.3 is 4.55 Å². The van der Waals surface area contributed by atoms with Crippen molar-refractivity contribution in [2.45, 2.75) is 52.2 Å². The van der Waals surface area contributed by atoms with E-state index in [1.807, 2.05) is 20.8 Å². The van der Waals surface area contributed by atoms with Gasteiger partial charge >= 0.3 is 0 Å². The second kappa shape index (κ2) is 5.47. The zero-order chi connectivity index (χ0) is 15.1. The molecule has 0 fully saturated rings. The summed E-state index contributed by atoms with van der Waals surface area (Å²) in [6.45, 7) is 10.4. The van der Waals surface area contributed by atoms with E-state index in [-0.39, 0.29) is 10.2 Å². The Morgan fingerprint density at radius 1 is 1.25 bits per heavy atom. The van der Waals surface area contributed by atoms with Crippen molar-refractivity contribution in [1.82, 2.24) is 0 Å². The monoisotopic (exact) mass is 355 g/mol. The standard InChI is InChI=1S/C16H22BrNOS/c1-15(2,3)20(19)18-14-10-16(4,5)9-11-6-7-12(17)8-13(11)14/h6-8H,9-10H2,1-5H3/b18-14-. The Kier molecular flexibility index (Phi) is 4.39. The van der Waals surface area contributed by atoms with E-state index in [0.29, 0.717) is 0 Å². The maximum Gasteiger partial charge on any atom is 0.144 e. The van der Waals surface area contributed by atoms with Gasteiger partial charge in [0.2, 0.25) is 0 Å². The van der Waals surface area contributed by atoms with E-state index in [1.165, 1.54) is 5.56 Å². The largest absolute Gasteiger partial charge is 0.591 e. The van der Waals surface area contributed by atoms with E-state index < -0.39 is 11.4 Å². The maximum atomic E-state index is 12.4. The maximum absolute atomic E-state index is 12.4. The molecule has 4 heteroatoms. The number of rotatable bonds is 1. The fraction of sp³-hybridized carbons (Fsp3) is 0.562. The molecule has 20 heavy (non-hydrogen) atoms. The molecule has 1 aliphatic carbocycles. The van der Waals surface area contributed by atoms with Crippen LogP contribution in [0.3, 0.4) is 0 Å². The van der Waals surface area contributed by atoms with E-state index in [4.69, 9.17) is 0 Å². The van der Waals surface area contributed by atoms with Gasteiger partial charge in [-0.2, -0.15) is 0 Å². The Balaban J connectivity index is 2.48. The Labute approximate surface area is 133 Å². The summed E-state index contributed by atoms with van der Waals surface area (Å²) < 4.78 is 17.6. The summed E-state index contributed by atoms with van der Waals surface area (Å²) in [4.78, 5) is 0. The summed E-state index contributed by atoms with van der Waals surface area (Å²) >= 11 is 2.31. The first-order valence-electron chi connectivity index (χ1n) is 6.87. The predicted octanol–water partition coefficient (Wildman–Crippen LogP) is 4.67. The molecule has 0 aliphatic heterocycles. The molecule has 0 amide bonds. The average molecular weight is 356 g/mol. The zero-order valence-corrected chi connectivity index (χ0v) is 15.2. The van der Waals surface area contributed by atoms with Crippen LogP contribution in [0.2, 0.25) is 0 Å². The Morgan fingerprint density at radius 2 is 1.90 bits per heavy atom. The van der Waals surface area contributed by atoms with Crippen molar-refractivity contribution >= 4 is 33.0 Å². The van der Waals surface area contributed by atoms with Gasteiger partial charge in [0.25, 0.3) is 0 Å². The van der Waals surface area contributed by atoms with Crippen molar-refractivity contribution in [2.24, 2.45) is 9.81 Å². The zero-order valence-electron chi connectivity index (χ0n) is 12.8. The van der Waals surface area contributed by atoms with Crippen molar-refractivity contribution in [1.29, 1.82) is 0 Å². The predicted molar refractivity (Wildman–Crippen MR) is 90.7 cm³/mol. The summed E-state index contributed by atoms with van der Waals surface area (Å²) in [5.41, 5.74) is 3.60. The number of hydrogen-bond donors (Lipinski definition) is 0. The van der Waals surface area contributed by atoms with Gasteiger partial charge in [0.05, 0.1) is 5.71 Å². The van der Waals surface area contributed by atoms with Crippen molar-refractivity contribution in [3.8, 4) is 0 Å². The summed E-state index contributed by atoms with van der Waals surface area (Å²) in [6.07, 6.45) is 1.91. The normalized spacial score (nSPS) is 21.6. The minimum Gasteiger partial charge on any atom is -0.591 e. The van der Waals surface area contributed by atoms with Crippen LogP contribution in [0, 0.1) is 5.41 Å². The molecule has 1 unspecified atom stereocenters. The summed E-state index contributed by atoms with van der Waals surface area (Å²) in [6, 6.07) is 6.32. The van der Waals surface area contributed by atoms with Crippen LogP contribution >= 0.6 is 15.9 Å². The fourth-order valence-corrected chi connectivity index (χ4v) is 3.41. The van der Waals surface area contributed by atoms with Gasteiger partial charge in [0.15, 0.2) is 0 Å². The number of nitrogens with zero attached hydrogens (tertiary/aromatic N) is 1. The van der Waals surface area contributed by atoms with Crippen LogP contribution in [-0.2, 0) is 17.8 Å². The van der Waals surface area contributed by atoms with E-state index >= 15 is 0 Å². The first kappa shape index (κ1) is 16.1. The molecule has 1 aromatic carbocycles. The van der Waals surface area contributed by atoms with Gasteiger partial charge in [-0.25, -0.2) is 0 Å². The van der Waals surface area contributed by atoms with E-state index in [2.05, 4.69) is 52.4 Å². The van der Waals surface area contributed by atoms with Crippen LogP contribution < -0.4 is 0 Å². The van der Waals surface area contributed by atoms with E-state index in [9.17, 15) is 4.55 Å². The third kappa shape index (κ3) is 3.66. The molecule has 0 saturated carbocycles. The lowest BCUT2D eigenvalue weighted by molar-refractivity contribution is 0.373. The van der Waals surface area contributed by atoms with Crippen LogP contribution in [0.15, 0.2) is 27.1 Å². The first-order chi connectivity index (χ1) is 9.08. The van der Waals surface area contributed by atoms with Crippen LogP contribution in [0.4, 0.5) is 0 Å². The molecule has 0 heterocycles. The van der Waals surface area contributed by atoms with Crippen molar-refractivity contribution < 1.29 is 4.55 Å². The second-order valence-corrected chi connectivity index (χ2v) is 10.0. The van der Waals surface area contributed by atoms with Gasteiger partial charge in [0.1, 0.15) is 16.1 Å². The molecule has 1 atom stereocenters. The van der Waals surface area contributed by atoms with Crippen LogP contribution in [0.25, 0.3) is 0 Å². The molecule has 2 rings (SSSR count). The lowest BCUT2D eigenvalue weighted by Crippen LogP contribution is -2.31. The second-order valence-electron chi connectivity index (χ2n) is 7.22. The highest BCUT2D eigenvalue weighted by Gasteiger charge is 2.33. The number of hydrogen-bond acceptors (Lipinski definition) is 2. The minimum atomic E-state index is -1.21. The number of benzene rings is 1. The average Bonchev–Trinajstić information content (AvgIpc) is 2.27. The van der Waals surface area contributed by atoms with Gasteiger partial charge in [0, 0.05) is 16.5 Å². The molecule has 0 radical (unpaired) electrons. The van der Waals surface area contributed by atoms with Crippen LogP contribution in [0.1, 0.15) is 52.2 Å². The van der Waals surface area contributed by atoms with Crippen LogP contribution in [0.5, 0.6) is 0 Å². The Hall–Kier alpha value is -0.320. The highest BCUT2D eigenvalue weighted by atomic mass is 79.9. The molecule has 2 nitrogen and oxygen atoms in total. The molecule has 0 aromatic heterocycles. The third-order valence-electron chi connectivity index (χ3n) is 3.41. The molecule has 1 aromatic rings. The number of halogens is 1. The van der Waals surface area contributed by atoms with E-state index in [1.54, 1.807) is 0 Å². The molecular weight excluding hydrogens is 334 g/mol. The minimum absolute atomic E-state index is 0.168. The van der Waals surface area contributed by atoms with Gasteiger partial charge in [-0.3, -0.25) is 0 Å². The summed E-state index contributed by atoms with van der Waals surface area (Å²) in [5.74, 6) is 0. The number of fused-ring (bicyclic) bond motifs is 1. The summed E-state index contributed by atoms with van der Waals surface area (Å²) in [7, 11) is 0. The van der Waals surface area contributed by atoms with Crippen molar-refractivity contribution in [2.75, 3.05) is 0 Å². The SMILES string of the molecule is CC1(C)C/C(=N/[S+]([O-])C(C)(C)C)c2cc(Br)ccc2C1. The molecule has 1 aliphatic rings. The van der Waals surface area contributed by atoms with Crippen molar-refractivity contribution in [3.63, 3.8) is 0 Å². The smallest absolute Gasteiger partial charge is 0.144 e. The quantitative estimate of drug-likeness (QED) is 0.674. The van der Waals surface area contributed by atoms with Gasteiger partial charge in [-0.05, 0) is 50.3 Å². The highest BCUT2D eigenvalue weighted by Crippen LogP contribution is 2.37. The van der Waals surface area contributed by atoms with Crippen molar-refractivity contribution in [3.05, 3.63) is 33.8 Å². The van der Waals surface area contributed by atoms with Crippen LogP contribution in [-0.4, -0.2) is 15.0 Å². The lowest BCUT2D eigenvalue weighted by Gasteiger charge is -2.32. The highest BCUT2D eigenvalue weighted by molar-refractivity contribution is 9.10. The molecule has 0 bridgehead atoms. The fourth-order valence-electron chi connectivity index (χ4n) is 2.42. The van der Waals surface area contributed by atoms with Gasteiger partial charge in [-0.1, -0.05) is 40.2 Å². The van der Waals surface area contributed by atoms with Gasteiger partial charge in [-0.15, -0.1) is 0 Å². The lowest BCUT2D eigenvalue weighted by atomic mass is 9.73. The molecule has 0 spiro atoms. The molecule has 110 valence electrons.